The quantitative estimate of drug-likeness (QED) is 0.598. The van der Waals surface area contributed by atoms with Crippen molar-refractivity contribution >= 4 is 17.6 Å². The van der Waals surface area contributed by atoms with Crippen LogP contribution < -0.4 is 4.74 Å². The Hall–Kier alpha value is -1.26. The summed E-state index contributed by atoms with van der Waals surface area (Å²) in [5, 5.41) is 0.626. The SMILES string of the molecule is CC(C)(Oc1ccc(Cl)cc1)C(=O)OCC[N+](C)(C)C. The summed E-state index contributed by atoms with van der Waals surface area (Å²) in [6.45, 7) is 4.50. The molecular weight excluding hydrogens is 278 g/mol. The van der Waals surface area contributed by atoms with Crippen molar-refractivity contribution in [2.45, 2.75) is 19.4 Å². The van der Waals surface area contributed by atoms with E-state index in [4.69, 9.17) is 21.1 Å². The maximum atomic E-state index is 12.0. The molecule has 20 heavy (non-hydrogen) atoms. The molecule has 0 aliphatic carbocycles. The first-order chi connectivity index (χ1) is 9.10. The molecule has 0 fully saturated rings. The molecule has 0 saturated carbocycles. The Morgan fingerprint density at radius 1 is 1.20 bits per heavy atom. The van der Waals surface area contributed by atoms with E-state index in [0.717, 1.165) is 11.0 Å². The highest BCUT2D eigenvalue weighted by molar-refractivity contribution is 6.30. The van der Waals surface area contributed by atoms with E-state index in [0.29, 0.717) is 17.4 Å². The standard InChI is InChI=1S/C15H23ClNO3/c1-15(2,14(18)19-11-10-17(3,4)5)20-13-8-6-12(16)7-9-13/h6-9H,10-11H2,1-5H3/q+1. The van der Waals surface area contributed by atoms with Gasteiger partial charge in [-0.1, -0.05) is 11.6 Å². The summed E-state index contributed by atoms with van der Waals surface area (Å²) in [7, 11) is 6.13. The Morgan fingerprint density at radius 3 is 2.25 bits per heavy atom. The molecule has 0 N–H and O–H groups in total. The second-order valence-electron chi connectivity index (χ2n) is 6.22. The van der Waals surface area contributed by atoms with E-state index in [-0.39, 0.29) is 5.97 Å². The van der Waals surface area contributed by atoms with Crippen molar-refractivity contribution in [3.05, 3.63) is 29.3 Å². The molecule has 0 unspecified atom stereocenters. The summed E-state index contributed by atoms with van der Waals surface area (Å²) in [5.74, 6) is 0.212. The zero-order valence-electron chi connectivity index (χ0n) is 12.8. The summed E-state index contributed by atoms with van der Waals surface area (Å²) in [6.07, 6.45) is 0. The van der Waals surface area contributed by atoms with Gasteiger partial charge in [0.15, 0.2) is 5.60 Å². The second kappa shape index (κ2) is 6.46. The fraction of sp³-hybridized carbons (Fsp3) is 0.533. The molecule has 0 bridgehead atoms. The van der Waals surface area contributed by atoms with Crippen LogP contribution in [-0.4, -0.2) is 50.3 Å². The molecule has 1 rings (SSSR count). The first-order valence-electron chi connectivity index (χ1n) is 6.52. The number of halogens is 1. The fourth-order valence-corrected chi connectivity index (χ4v) is 1.55. The largest absolute Gasteiger partial charge is 0.476 e. The van der Waals surface area contributed by atoms with Crippen LogP contribution >= 0.6 is 11.6 Å². The van der Waals surface area contributed by atoms with E-state index in [9.17, 15) is 4.79 Å². The number of hydrogen-bond donors (Lipinski definition) is 0. The third-order valence-electron chi connectivity index (χ3n) is 2.67. The number of esters is 1. The van der Waals surface area contributed by atoms with Crippen LogP contribution in [0.3, 0.4) is 0 Å². The van der Waals surface area contributed by atoms with Crippen molar-refractivity contribution in [1.82, 2.24) is 0 Å². The molecule has 0 saturated heterocycles. The second-order valence-corrected chi connectivity index (χ2v) is 6.65. The van der Waals surface area contributed by atoms with Crippen molar-refractivity contribution in [3.8, 4) is 5.75 Å². The summed E-state index contributed by atoms with van der Waals surface area (Å²) >= 11 is 5.81. The molecule has 1 aromatic rings. The Bertz CT molecular complexity index is 449. The fourth-order valence-electron chi connectivity index (χ4n) is 1.42. The predicted octanol–water partition coefficient (Wildman–Crippen LogP) is 2.75. The normalized spacial score (nSPS) is 12.1. The van der Waals surface area contributed by atoms with Gasteiger partial charge in [-0.2, -0.15) is 0 Å². The van der Waals surface area contributed by atoms with Crippen LogP contribution in [-0.2, 0) is 9.53 Å². The molecule has 0 amide bonds. The van der Waals surface area contributed by atoms with Gasteiger partial charge in [0.1, 0.15) is 18.9 Å². The van der Waals surface area contributed by atoms with Crippen molar-refractivity contribution in [3.63, 3.8) is 0 Å². The lowest BCUT2D eigenvalue weighted by Gasteiger charge is -2.27. The van der Waals surface area contributed by atoms with Crippen molar-refractivity contribution in [2.24, 2.45) is 0 Å². The summed E-state index contributed by atoms with van der Waals surface area (Å²) in [5.41, 5.74) is -1.03. The van der Waals surface area contributed by atoms with Gasteiger partial charge >= 0.3 is 5.97 Å². The van der Waals surface area contributed by atoms with Gasteiger partial charge in [0.2, 0.25) is 0 Å². The number of rotatable bonds is 6. The van der Waals surface area contributed by atoms with E-state index in [2.05, 4.69) is 0 Å². The average molecular weight is 301 g/mol. The number of quaternary nitrogens is 1. The lowest BCUT2D eigenvalue weighted by atomic mass is 10.1. The smallest absolute Gasteiger partial charge is 0.350 e. The third kappa shape index (κ3) is 5.80. The lowest BCUT2D eigenvalue weighted by molar-refractivity contribution is -0.870. The van der Waals surface area contributed by atoms with Gasteiger partial charge in [-0.25, -0.2) is 4.79 Å². The van der Waals surface area contributed by atoms with Crippen LogP contribution in [0, 0.1) is 0 Å². The van der Waals surface area contributed by atoms with E-state index in [1.54, 1.807) is 38.1 Å². The Labute approximate surface area is 125 Å². The highest BCUT2D eigenvalue weighted by Crippen LogP contribution is 2.21. The minimum atomic E-state index is -1.03. The number of benzene rings is 1. The summed E-state index contributed by atoms with van der Waals surface area (Å²) in [4.78, 5) is 12.0. The molecule has 4 nitrogen and oxygen atoms in total. The first-order valence-corrected chi connectivity index (χ1v) is 6.90. The monoisotopic (exact) mass is 300 g/mol. The number of carbonyl (C=O) groups is 1. The van der Waals surface area contributed by atoms with Crippen molar-refractivity contribution in [2.75, 3.05) is 34.3 Å². The number of carbonyl (C=O) groups excluding carboxylic acids is 1. The van der Waals surface area contributed by atoms with Crippen LogP contribution in [0.1, 0.15) is 13.8 Å². The van der Waals surface area contributed by atoms with Gasteiger partial charge in [-0.3, -0.25) is 0 Å². The van der Waals surface area contributed by atoms with Crippen molar-refractivity contribution < 1.29 is 18.8 Å². The maximum Gasteiger partial charge on any atom is 0.350 e. The van der Waals surface area contributed by atoms with E-state index in [1.807, 2.05) is 21.1 Å². The number of nitrogens with zero attached hydrogens (tertiary/aromatic N) is 1. The van der Waals surface area contributed by atoms with Crippen LogP contribution in [0.25, 0.3) is 0 Å². The van der Waals surface area contributed by atoms with E-state index in [1.165, 1.54) is 0 Å². The van der Waals surface area contributed by atoms with Gasteiger partial charge in [-0.05, 0) is 38.1 Å². The molecule has 0 heterocycles. The minimum absolute atomic E-state index is 0.371. The highest BCUT2D eigenvalue weighted by Gasteiger charge is 2.32. The minimum Gasteiger partial charge on any atom is -0.476 e. The van der Waals surface area contributed by atoms with Crippen LogP contribution in [0.15, 0.2) is 24.3 Å². The van der Waals surface area contributed by atoms with Crippen LogP contribution in [0.2, 0.25) is 5.02 Å². The number of ether oxygens (including phenoxy) is 2. The average Bonchev–Trinajstić information content (AvgIpc) is 2.30. The van der Waals surface area contributed by atoms with E-state index >= 15 is 0 Å². The molecule has 0 atom stereocenters. The van der Waals surface area contributed by atoms with Gasteiger partial charge in [0, 0.05) is 5.02 Å². The zero-order valence-corrected chi connectivity index (χ0v) is 13.5. The topological polar surface area (TPSA) is 35.5 Å². The summed E-state index contributed by atoms with van der Waals surface area (Å²) in [6, 6.07) is 6.89. The first kappa shape index (κ1) is 16.8. The van der Waals surface area contributed by atoms with Gasteiger partial charge in [-0.15, -0.1) is 0 Å². The molecule has 5 heteroatoms. The van der Waals surface area contributed by atoms with Gasteiger partial charge in [0.25, 0.3) is 0 Å². The van der Waals surface area contributed by atoms with Crippen molar-refractivity contribution in [1.29, 1.82) is 0 Å². The maximum absolute atomic E-state index is 12.0. The van der Waals surface area contributed by atoms with Crippen LogP contribution in [0.4, 0.5) is 0 Å². The summed E-state index contributed by atoms with van der Waals surface area (Å²) < 4.78 is 11.7. The number of hydrogen-bond acceptors (Lipinski definition) is 3. The molecule has 0 aromatic heterocycles. The lowest BCUT2D eigenvalue weighted by Crippen LogP contribution is -2.43. The molecule has 0 aliphatic rings. The predicted molar refractivity (Wildman–Crippen MR) is 80.0 cm³/mol. The molecular formula is C15H23ClNO3+. The zero-order chi connectivity index (χ0) is 15.4. The highest BCUT2D eigenvalue weighted by atomic mass is 35.5. The molecule has 0 radical (unpaired) electrons. The molecule has 0 aliphatic heterocycles. The van der Waals surface area contributed by atoms with Gasteiger partial charge < -0.3 is 14.0 Å². The Kier molecular flexibility index (Phi) is 5.42. The Morgan fingerprint density at radius 2 is 1.75 bits per heavy atom. The number of likely N-dealkylation sites (N-methyl/N-ethyl adjacent to an activating group) is 1. The molecule has 1 aromatic carbocycles. The van der Waals surface area contributed by atoms with E-state index < -0.39 is 5.60 Å². The van der Waals surface area contributed by atoms with Crippen LogP contribution in [0.5, 0.6) is 5.75 Å². The van der Waals surface area contributed by atoms with Gasteiger partial charge in [0.05, 0.1) is 21.1 Å². The third-order valence-corrected chi connectivity index (χ3v) is 2.93. The molecule has 0 spiro atoms. The molecule has 112 valence electrons. The Balaban J connectivity index is 2.54.